The molecular weight excluding hydrogens is 244 g/mol. The number of guanidine groups is 1. The van der Waals surface area contributed by atoms with Crippen molar-refractivity contribution < 1.29 is 4.74 Å². The Balaban J connectivity index is 2.15. The van der Waals surface area contributed by atoms with Crippen LogP contribution in [-0.4, -0.2) is 54.1 Å². The zero-order valence-electron chi connectivity index (χ0n) is 11.8. The highest BCUT2D eigenvalue weighted by Gasteiger charge is 1.96. The highest BCUT2D eigenvalue weighted by atomic mass is 16.5. The molecule has 0 saturated heterocycles. The fourth-order valence-corrected chi connectivity index (χ4v) is 1.55. The second-order valence-electron chi connectivity index (χ2n) is 4.09. The standard InChI is InChI=1S/C12H24N6O/c1-3-13-12(15-7-9-19-2)14-6-4-5-8-18-10-16-17-11-18/h10-11H,3-9H2,1-2H3,(H2,13,14,15). The molecule has 0 unspecified atom stereocenters. The van der Waals surface area contributed by atoms with Gasteiger partial charge in [-0.05, 0) is 19.8 Å². The third-order valence-electron chi connectivity index (χ3n) is 2.50. The Labute approximate surface area is 114 Å². The summed E-state index contributed by atoms with van der Waals surface area (Å²) in [7, 11) is 1.69. The Bertz CT molecular complexity index is 338. The van der Waals surface area contributed by atoms with Gasteiger partial charge in [-0.3, -0.25) is 4.99 Å². The van der Waals surface area contributed by atoms with E-state index in [0.29, 0.717) is 6.61 Å². The number of nitrogens with one attached hydrogen (secondary N) is 2. The predicted molar refractivity (Wildman–Crippen MR) is 75.1 cm³/mol. The van der Waals surface area contributed by atoms with E-state index in [4.69, 9.17) is 4.74 Å². The maximum absolute atomic E-state index is 4.99. The topological polar surface area (TPSA) is 76.4 Å². The number of ether oxygens (including phenoxy) is 1. The van der Waals surface area contributed by atoms with Crippen molar-refractivity contribution in [3.8, 4) is 0 Å². The van der Waals surface area contributed by atoms with Crippen LogP contribution in [0.25, 0.3) is 0 Å². The largest absolute Gasteiger partial charge is 0.383 e. The molecule has 0 aliphatic carbocycles. The van der Waals surface area contributed by atoms with Gasteiger partial charge in [0.1, 0.15) is 12.7 Å². The molecule has 1 heterocycles. The van der Waals surface area contributed by atoms with Gasteiger partial charge in [-0.1, -0.05) is 0 Å². The lowest BCUT2D eigenvalue weighted by Crippen LogP contribution is -2.39. The highest BCUT2D eigenvalue weighted by Crippen LogP contribution is 1.94. The zero-order valence-corrected chi connectivity index (χ0v) is 11.8. The first-order chi connectivity index (χ1) is 9.36. The van der Waals surface area contributed by atoms with Crippen molar-refractivity contribution in [2.24, 2.45) is 4.99 Å². The quantitative estimate of drug-likeness (QED) is 0.382. The molecule has 0 radical (unpaired) electrons. The minimum atomic E-state index is 0.679. The van der Waals surface area contributed by atoms with E-state index in [1.54, 1.807) is 19.8 Å². The number of nitrogens with zero attached hydrogens (tertiary/aromatic N) is 4. The van der Waals surface area contributed by atoms with E-state index in [9.17, 15) is 0 Å². The molecular formula is C12H24N6O. The Hall–Kier alpha value is -1.63. The molecule has 0 aliphatic rings. The number of aliphatic imine (C=N–C) groups is 1. The molecule has 0 bridgehead atoms. The molecule has 7 nitrogen and oxygen atoms in total. The second-order valence-corrected chi connectivity index (χ2v) is 4.09. The Morgan fingerprint density at radius 2 is 2.05 bits per heavy atom. The van der Waals surface area contributed by atoms with Crippen LogP contribution in [0.15, 0.2) is 17.6 Å². The maximum atomic E-state index is 4.99. The van der Waals surface area contributed by atoms with Gasteiger partial charge in [0.2, 0.25) is 0 Å². The van der Waals surface area contributed by atoms with E-state index in [1.165, 1.54) is 0 Å². The molecule has 108 valence electrons. The molecule has 7 heteroatoms. The van der Waals surface area contributed by atoms with E-state index in [1.807, 2.05) is 4.57 Å². The number of methoxy groups -OCH3 is 1. The molecule has 0 aliphatic heterocycles. The van der Waals surface area contributed by atoms with Crippen LogP contribution in [0.5, 0.6) is 0 Å². The lowest BCUT2D eigenvalue weighted by molar-refractivity contribution is 0.203. The number of unbranched alkanes of at least 4 members (excludes halogenated alkanes) is 1. The summed E-state index contributed by atoms with van der Waals surface area (Å²) in [6, 6.07) is 0. The van der Waals surface area contributed by atoms with Crippen LogP contribution < -0.4 is 10.6 Å². The van der Waals surface area contributed by atoms with E-state index >= 15 is 0 Å². The second kappa shape index (κ2) is 10.3. The molecule has 0 atom stereocenters. The van der Waals surface area contributed by atoms with Crippen molar-refractivity contribution in [2.75, 3.05) is 33.4 Å². The van der Waals surface area contributed by atoms with Gasteiger partial charge in [0.25, 0.3) is 0 Å². The lowest BCUT2D eigenvalue weighted by atomic mass is 10.3. The van der Waals surface area contributed by atoms with Gasteiger partial charge in [-0.25, -0.2) is 0 Å². The van der Waals surface area contributed by atoms with Crippen LogP contribution in [0.4, 0.5) is 0 Å². The molecule has 0 aromatic carbocycles. The van der Waals surface area contributed by atoms with Gasteiger partial charge < -0.3 is 19.9 Å². The molecule has 1 aromatic heterocycles. The van der Waals surface area contributed by atoms with Gasteiger partial charge in [-0.2, -0.15) is 0 Å². The normalized spacial score (nSPS) is 11.6. The van der Waals surface area contributed by atoms with E-state index in [-0.39, 0.29) is 0 Å². The van der Waals surface area contributed by atoms with Crippen molar-refractivity contribution in [3.63, 3.8) is 0 Å². The van der Waals surface area contributed by atoms with E-state index < -0.39 is 0 Å². The summed E-state index contributed by atoms with van der Waals surface area (Å²) in [6.07, 6.45) is 5.58. The first kappa shape index (κ1) is 15.4. The summed E-state index contributed by atoms with van der Waals surface area (Å²) in [4.78, 5) is 4.50. The third kappa shape index (κ3) is 7.40. The molecule has 2 N–H and O–H groups in total. The highest BCUT2D eigenvalue weighted by molar-refractivity contribution is 5.79. The first-order valence-corrected chi connectivity index (χ1v) is 6.70. The Kier molecular flexibility index (Phi) is 8.37. The van der Waals surface area contributed by atoms with Crippen LogP contribution in [0.2, 0.25) is 0 Å². The van der Waals surface area contributed by atoms with Gasteiger partial charge in [0, 0.05) is 33.3 Å². The fraction of sp³-hybridized carbons (Fsp3) is 0.750. The minimum Gasteiger partial charge on any atom is -0.383 e. The average molecular weight is 268 g/mol. The summed E-state index contributed by atoms with van der Waals surface area (Å²) in [6.45, 7) is 6.11. The van der Waals surface area contributed by atoms with Crippen molar-refractivity contribution in [2.45, 2.75) is 26.3 Å². The summed E-state index contributed by atoms with van der Waals surface area (Å²) < 4.78 is 6.97. The van der Waals surface area contributed by atoms with Crippen molar-refractivity contribution in [1.82, 2.24) is 25.4 Å². The summed E-state index contributed by atoms with van der Waals surface area (Å²) in [5.41, 5.74) is 0. The molecule has 0 saturated carbocycles. The molecule has 1 aromatic rings. The summed E-state index contributed by atoms with van der Waals surface area (Å²) in [5.74, 6) is 0.851. The number of hydrogen-bond donors (Lipinski definition) is 2. The van der Waals surface area contributed by atoms with Crippen molar-refractivity contribution in [1.29, 1.82) is 0 Å². The van der Waals surface area contributed by atoms with Crippen LogP contribution in [0.1, 0.15) is 19.8 Å². The lowest BCUT2D eigenvalue weighted by Gasteiger charge is -2.10. The van der Waals surface area contributed by atoms with Gasteiger partial charge in [0.05, 0.1) is 6.61 Å². The fourth-order valence-electron chi connectivity index (χ4n) is 1.55. The van der Waals surface area contributed by atoms with Crippen LogP contribution in [-0.2, 0) is 11.3 Å². The monoisotopic (exact) mass is 268 g/mol. The molecule has 1 rings (SSSR count). The van der Waals surface area contributed by atoms with Crippen LogP contribution >= 0.6 is 0 Å². The first-order valence-electron chi connectivity index (χ1n) is 6.70. The Morgan fingerprint density at radius 1 is 1.26 bits per heavy atom. The molecule has 0 fully saturated rings. The molecule has 19 heavy (non-hydrogen) atoms. The predicted octanol–water partition coefficient (Wildman–Crippen LogP) is 0.260. The molecule has 0 amide bonds. The zero-order chi connectivity index (χ0) is 13.8. The number of aromatic nitrogens is 3. The maximum Gasteiger partial charge on any atom is 0.191 e. The number of rotatable bonds is 9. The SMILES string of the molecule is CCNC(=NCCCCn1cnnc1)NCCOC. The van der Waals surface area contributed by atoms with Gasteiger partial charge >= 0.3 is 0 Å². The average Bonchev–Trinajstić information content (AvgIpc) is 2.91. The number of hydrogen-bond acceptors (Lipinski definition) is 4. The van der Waals surface area contributed by atoms with Gasteiger partial charge in [0.15, 0.2) is 5.96 Å². The van der Waals surface area contributed by atoms with Gasteiger partial charge in [-0.15, -0.1) is 10.2 Å². The van der Waals surface area contributed by atoms with E-state index in [2.05, 4.69) is 32.7 Å². The van der Waals surface area contributed by atoms with Crippen LogP contribution in [0, 0.1) is 0 Å². The minimum absolute atomic E-state index is 0.679. The third-order valence-corrected chi connectivity index (χ3v) is 2.50. The Morgan fingerprint density at radius 3 is 2.74 bits per heavy atom. The number of aryl methyl sites for hydroxylation is 1. The smallest absolute Gasteiger partial charge is 0.191 e. The van der Waals surface area contributed by atoms with Crippen molar-refractivity contribution >= 4 is 5.96 Å². The summed E-state index contributed by atoms with van der Waals surface area (Å²) >= 11 is 0. The molecule has 0 spiro atoms. The summed E-state index contributed by atoms with van der Waals surface area (Å²) in [5, 5.41) is 14.0. The van der Waals surface area contributed by atoms with Crippen LogP contribution in [0.3, 0.4) is 0 Å². The van der Waals surface area contributed by atoms with Crippen molar-refractivity contribution in [3.05, 3.63) is 12.7 Å². The van der Waals surface area contributed by atoms with E-state index in [0.717, 1.165) is 45.0 Å².